The molecule has 0 aliphatic heterocycles. The zero-order valence-electron chi connectivity index (χ0n) is 24.6. The van der Waals surface area contributed by atoms with Crippen molar-refractivity contribution in [2.24, 2.45) is 0 Å². The van der Waals surface area contributed by atoms with E-state index in [9.17, 15) is 18.0 Å². The molecule has 0 aromatic heterocycles. The van der Waals surface area contributed by atoms with Gasteiger partial charge in [-0.05, 0) is 92.9 Å². The fourth-order valence-corrected chi connectivity index (χ4v) is 7.27. The van der Waals surface area contributed by atoms with Gasteiger partial charge in [0.25, 0.3) is 10.0 Å². The van der Waals surface area contributed by atoms with Gasteiger partial charge < -0.3 is 15.0 Å². The van der Waals surface area contributed by atoms with Crippen LogP contribution in [0.5, 0.6) is 5.75 Å². The number of ether oxygens (including phenoxy) is 1. The number of carbonyl (C=O) groups excluding carboxylic acids is 2. The first-order valence-corrected chi connectivity index (χ1v) is 17.5. The van der Waals surface area contributed by atoms with E-state index >= 15 is 0 Å². The molecule has 2 amide bonds. The number of hydrogen-bond donors (Lipinski definition) is 1. The van der Waals surface area contributed by atoms with Gasteiger partial charge in [0.05, 0.1) is 17.2 Å². The topological polar surface area (TPSA) is 96.0 Å². The van der Waals surface area contributed by atoms with E-state index in [0.29, 0.717) is 32.4 Å². The molecule has 1 atom stereocenters. The third-order valence-electron chi connectivity index (χ3n) is 7.59. The van der Waals surface area contributed by atoms with Crippen molar-refractivity contribution < 1.29 is 22.7 Å². The van der Waals surface area contributed by atoms with Gasteiger partial charge in [-0.15, -0.1) is 0 Å². The highest BCUT2D eigenvalue weighted by Gasteiger charge is 2.33. The maximum absolute atomic E-state index is 14.2. The molecular weight excluding hydrogens is 689 g/mol. The Hall–Kier alpha value is -2.79. The number of nitrogens with zero attached hydrogens (tertiary/aromatic N) is 2. The number of anilines is 1. The molecular formula is C32H36BrCl2N3O5S. The monoisotopic (exact) mass is 723 g/mol. The fraction of sp³-hybridized carbons (Fsp3) is 0.375. The van der Waals surface area contributed by atoms with Crippen LogP contribution in [-0.2, 0) is 26.2 Å². The maximum atomic E-state index is 14.2. The van der Waals surface area contributed by atoms with Gasteiger partial charge in [-0.3, -0.25) is 13.9 Å². The summed E-state index contributed by atoms with van der Waals surface area (Å²) in [6.45, 7) is 3.36. The second-order valence-corrected chi connectivity index (χ2v) is 14.3. The van der Waals surface area contributed by atoms with Gasteiger partial charge >= 0.3 is 0 Å². The SMILES string of the molecule is CCOc1ccc(N(CC(=O)N(Cc2ccc(Cl)cc2Cl)[C@H](C)C(=O)NC2CCCCC2)S(=O)(=O)c2ccc(Br)cc2)cc1. The lowest BCUT2D eigenvalue weighted by atomic mass is 9.95. The minimum absolute atomic E-state index is 0.0118. The van der Waals surface area contributed by atoms with Crippen LogP contribution < -0.4 is 14.4 Å². The number of hydrogen-bond acceptors (Lipinski definition) is 5. The molecule has 0 unspecified atom stereocenters. The highest BCUT2D eigenvalue weighted by Crippen LogP contribution is 2.29. The molecule has 1 N–H and O–H groups in total. The van der Waals surface area contributed by atoms with Crippen LogP contribution in [0.4, 0.5) is 5.69 Å². The molecule has 44 heavy (non-hydrogen) atoms. The van der Waals surface area contributed by atoms with Gasteiger partial charge in [0.15, 0.2) is 0 Å². The number of benzene rings is 3. The lowest BCUT2D eigenvalue weighted by Crippen LogP contribution is -2.53. The maximum Gasteiger partial charge on any atom is 0.264 e. The molecule has 1 aliphatic rings. The summed E-state index contributed by atoms with van der Waals surface area (Å²) in [5.74, 6) is -0.314. The van der Waals surface area contributed by atoms with Crippen LogP contribution in [0.1, 0.15) is 51.5 Å². The second-order valence-electron chi connectivity index (χ2n) is 10.7. The van der Waals surface area contributed by atoms with Crippen molar-refractivity contribution >= 4 is 66.7 Å². The molecule has 0 bridgehead atoms. The van der Waals surface area contributed by atoms with Crippen LogP contribution in [0.3, 0.4) is 0 Å². The van der Waals surface area contributed by atoms with Crippen LogP contribution >= 0.6 is 39.1 Å². The Morgan fingerprint density at radius 2 is 1.66 bits per heavy atom. The second kappa shape index (κ2) is 15.5. The summed E-state index contributed by atoms with van der Waals surface area (Å²) in [4.78, 5) is 29.0. The Labute approximate surface area is 277 Å². The van der Waals surface area contributed by atoms with E-state index < -0.39 is 28.5 Å². The first-order chi connectivity index (χ1) is 21.0. The van der Waals surface area contributed by atoms with Gasteiger partial charge in [-0.2, -0.15) is 0 Å². The smallest absolute Gasteiger partial charge is 0.264 e. The molecule has 3 aromatic carbocycles. The van der Waals surface area contributed by atoms with Crippen molar-refractivity contribution in [3.8, 4) is 5.75 Å². The molecule has 4 rings (SSSR count). The molecule has 0 radical (unpaired) electrons. The van der Waals surface area contributed by atoms with Gasteiger partial charge in [-0.1, -0.05) is 64.5 Å². The zero-order valence-corrected chi connectivity index (χ0v) is 28.6. The van der Waals surface area contributed by atoms with E-state index in [0.717, 1.165) is 36.4 Å². The van der Waals surface area contributed by atoms with E-state index in [2.05, 4.69) is 21.2 Å². The molecule has 8 nitrogen and oxygen atoms in total. The third-order valence-corrected chi connectivity index (χ3v) is 10.5. The molecule has 236 valence electrons. The molecule has 3 aromatic rings. The number of nitrogens with one attached hydrogen (secondary N) is 1. The van der Waals surface area contributed by atoms with Crippen molar-refractivity contribution in [3.63, 3.8) is 0 Å². The Morgan fingerprint density at radius 3 is 2.27 bits per heavy atom. The van der Waals surface area contributed by atoms with E-state index in [-0.39, 0.29) is 29.1 Å². The van der Waals surface area contributed by atoms with Gasteiger partial charge in [0.1, 0.15) is 18.3 Å². The normalized spacial score (nSPS) is 14.5. The van der Waals surface area contributed by atoms with Crippen molar-refractivity contribution in [1.29, 1.82) is 0 Å². The Kier molecular flexibility index (Phi) is 12.0. The minimum Gasteiger partial charge on any atom is -0.494 e. The Morgan fingerprint density at radius 1 is 1.00 bits per heavy atom. The van der Waals surface area contributed by atoms with E-state index in [1.165, 1.54) is 17.0 Å². The van der Waals surface area contributed by atoms with E-state index in [1.807, 2.05) is 6.92 Å². The first-order valence-electron chi connectivity index (χ1n) is 14.5. The van der Waals surface area contributed by atoms with Crippen LogP contribution in [0.2, 0.25) is 10.0 Å². The zero-order chi connectivity index (χ0) is 31.9. The largest absolute Gasteiger partial charge is 0.494 e. The molecule has 0 heterocycles. The Bertz CT molecular complexity index is 1550. The predicted molar refractivity (Wildman–Crippen MR) is 178 cm³/mol. The number of carbonyl (C=O) groups is 2. The van der Waals surface area contributed by atoms with Crippen LogP contribution in [0.15, 0.2) is 76.1 Å². The first kappa shape index (κ1) is 34.1. The van der Waals surface area contributed by atoms with Crippen molar-refractivity contribution in [2.45, 2.75) is 69.5 Å². The molecule has 0 spiro atoms. The van der Waals surface area contributed by atoms with Crippen LogP contribution in [0, 0.1) is 0 Å². The average molecular weight is 726 g/mol. The lowest BCUT2D eigenvalue weighted by molar-refractivity contribution is -0.139. The molecule has 1 fully saturated rings. The summed E-state index contributed by atoms with van der Waals surface area (Å²) in [6, 6.07) is 16.7. The average Bonchev–Trinajstić information content (AvgIpc) is 3.00. The number of amides is 2. The fourth-order valence-electron chi connectivity index (χ4n) is 5.12. The van der Waals surface area contributed by atoms with Gasteiger partial charge in [0.2, 0.25) is 11.8 Å². The third kappa shape index (κ3) is 8.68. The van der Waals surface area contributed by atoms with E-state index in [1.54, 1.807) is 61.5 Å². The van der Waals surface area contributed by atoms with E-state index in [4.69, 9.17) is 27.9 Å². The molecule has 0 saturated heterocycles. The number of sulfonamides is 1. The highest BCUT2D eigenvalue weighted by atomic mass is 79.9. The lowest BCUT2D eigenvalue weighted by Gasteiger charge is -2.33. The summed E-state index contributed by atoms with van der Waals surface area (Å²) >= 11 is 15.9. The summed E-state index contributed by atoms with van der Waals surface area (Å²) in [5.41, 5.74) is 0.846. The summed E-state index contributed by atoms with van der Waals surface area (Å²) in [7, 11) is -4.20. The number of halogens is 3. The summed E-state index contributed by atoms with van der Waals surface area (Å²) in [6.07, 6.45) is 4.97. The number of rotatable bonds is 12. The van der Waals surface area contributed by atoms with Crippen LogP contribution in [0.25, 0.3) is 0 Å². The summed E-state index contributed by atoms with van der Waals surface area (Å²) < 4.78 is 35.3. The molecule has 1 aliphatic carbocycles. The molecule has 1 saturated carbocycles. The summed E-state index contributed by atoms with van der Waals surface area (Å²) in [5, 5.41) is 3.86. The standard InChI is InChI=1S/C32H36BrCl2N3O5S/c1-3-43-28-15-13-27(14-16-28)38(44(41,42)29-17-10-24(33)11-18-29)21-31(39)37(20-23-9-12-25(34)19-30(23)35)22(2)32(40)36-26-7-5-4-6-8-26/h9-19,22,26H,3-8,20-21H2,1-2H3,(H,36,40)/t22-/m1/s1. The highest BCUT2D eigenvalue weighted by molar-refractivity contribution is 9.10. The van der Waals surface area contributed by atoms with Crippen molar-refractivity contribution in [2.75, 3.05) is 17.5 Å². The van der Waals surface area contributed by atoms with Gasteiger partial charge in [-0.25, -0.2) is 8.42 Å². The minimum atomic E-state index is -4.20. The quantitative estimate of drug-likeness (QED) is 0.213. The van der Waals surface area contributed by atoms with Crippen LogP contribution in [-0.4, -0.2) is 50.4 Å². The van der Waals surface area contributed by atoms with Crippen molar-refractivity contribution in [1.82, 2.24) is 10.2 Å². The predicted octanol–water partition coefficient (Wildman–Crippen LogP) is 7.22. The van der Waals surface area contributed by atoms with Gasteiger partial charge in [0, 0.05) is 27.1 Å². The Balaban J connectivity index is 1.70. The molecule has 12 heteroatoms. The van der Waals surface area contributed by atoms with Crippen molar-refractivity contribution in [3.05, 3.63) is 86.8 Å².